The van der Waals surface area contributed by atoms with Gasteiger partial charge in [-0.05, 0) is 43.3 Å². The topological polar surface area (TPSA) is 53.2 Å². The fourth-order valence-electron chi connectivity index (χ4n) is 2.94. The molecule has 29 heavy (non-hydrogen) atoms. The molecule has 0 N–H and O–H groups in total. The summed E-state index contributed by atoms with van der Waals surface area (Å²) in [6, 6.07) is 6.49. The first-order chi connectivity index (χ1) is 13.7. The van der Waals surface area contributed by atoms with Crippen LogP contribution in [0, 0.1) is 10.6 Å². The van der Waals surface area contributed by atoms with Crippen LogP contribution >= 0.6 is 39.5 Å². The second kappa shape index (κ2) is 8.89. The highest BCUT2D eigenvalue weighted by molar-refractivity contribution is 9.10. The largest absolute Gasteiger partial charge is 0.465 e. The van der Waals surface area contributed by atoms with Crippen LogP contribution in [-0.2, 0) is 22.6 Å². The molecule has 0 spiro atoms. The molecule has 0 radical (unpaired) electrons. The second-order valence-corrected chi connectivity index (χ2v) is 9.17. The molecule has 0 bridgehead atoms. The van der Waals surface area contributed by atoms with Crippen molar-refractivity contribution in [1.29, 1.82) is 0 Å². The highest BCUT2D eigenvalue weighted by atomic mass is 79.9. The van der Waals surface area contributed by atoms with Crippen molar-refractivity contribution in [2.45, 2.75) is 39.8 Å². The first-order valence-corrected chi connectivity index (χ1v) is 11.1. The fourth-order valence-corrected chi connectivity index (χ4v) is 4.79. The van der Waals surface area contributed by atoms with Gasteiger partial charge in [0.1, 0.15) is 17.2 Å². The Morgan fingerprint density at radius 2 is 2.03 bits per heavy atom. The maximum absolute atomic E-state index is 14.4. The quantitative estimate of drug-likeness (QED) is 0.344. The van der Waals surface area contributed by atoms with Crippen LogP contribution < -0.4 is 5.56 Å². The molecule has 3 aromatic rings. The molecule has 0 saturated carbocycles. The van der Waals surface area contributed by atoms with Gasteiger partial charge in [0.2, 0.25) is 0 Å². The number of ether oxygens (including phenoxy) is 1. The van der Waals surface area contributed by atoms with E-state index in [9.17, 15) is 14.0 Å². The minimum atomic E-state index is -0.440. The molecule has 2 aromatic heterocycles. The van der Waals surface area contributed by atoms with E-state index in [2.05, 4.69) is 15.9 Å². The number of fused-ring (bicyclic) bond motifs is 1. The molecule has 9 heteroatoms. The van der Waals surface area contributed by atoms with E-state index < -0.39 is 11.8 Å². The summed E-state index contributed by atoms with van der Waals surface area (Å²) in [5.74, 6) is -0.663. The van der Waals surface area contributed by atoms with Crippen molar-refractivity contribution >= 4 is 55.7 Å². The van der Waals surface area contributed by atoms with Crippen LogP contribution in [0.4, 0.5) is 4.39 Å². The summed E-state index contributed by atoms with van der Waals surface area (Å²) < 4.78 is 23.2. The van der Waals surface area contributed by atoms with Crippen molar-refractivity contribution in [1.82, 2.24) is 9.13 Å². The lowest BCUT2D eigenvalue weighted by Crippen LogP contribution is -2.27. The van der Waals surface area contributed by atoms with Crippen LogP contribution in [0.15, 0.2) is 33.5 Å². The van der Waals surface area contributed by atoms with Gasteiger partial charge in [0, 0.05) is 14.9 Å². The zero-order valence-electron chi connectivity index (χ0n) is 16.2. The van der Waals surface area contributed by atoms with Crippen LogP contribution in [0.5, 0.6) is 0 Å². The standard InChI is InChI=1S/C20H20BrFN2O3S2/c1-4-27-17(25)10-24-19-14(8-16(29-19)11(2)3)18(26)23(20(24)28)9-12-5-6-13(21)7-15(12)22/h5-8,11H,4,9-10H2,1-3H3. The summed E-state index contributed by atoms with van der Waals surface area (Å²) in [6.45, 7) is 5.91. The second-order valence-electron chi connectivity index (χ2n) is 6.82. The van der Waals surface area contributed by atoms with E-state index >= 15 is 0 Å². The molecular weight excluding hydrogens is 479 g/mol. The minimum Gasteiger partial charge on any atom is -0.465 e. The van der Waals surface area contributed by atoms with Crippen molar-refractivity contribution in [3.8, 4) is 0 Å². The monoisotopic (exact) mass is 498 g/mol. The third-order valence-corrected chi connectivity index (χ3v) is 6.81. The Balaban J connectivity index is 2.22. The average Bonchev–Trinajstić information content (AvgIpc) is 3.10. The number of aromatic nitrogens is 2. The summed E-state index contributed by atoms with van der Waals surface area (Å²) in [5, 5.41) is 0.467. The van der Waals surface area contributed by atoms with E-state index in [1.54, 1.807) is 23.6 Å². The molecule has 0 amide bonds. The number of hydrogen-bond donors (Lipinski definition) is 0. The van der Waals surface area contributed by atoms with Gasteiger partial charge >= 0.3 is 5.97 Å². The van der Waals surface area contributed by atoms with Crippen LogP contribution in [0.25, 0.3) is 10.2 Å². The fraction of sp³-hybridized carbons (Fsp3) is 0.350. The van der Waals surface area contributed by atoms with E-state index in [-0.39, 0.29) is 35.9 Å². The maximum atomic E-state index is 14.4. The molecule has 2 heterocycles. The maximum Gasteiger partial charge on any atom is 0.326 e. The lowest BCUT2D eigenvalue weighted by molar-refractivity contribution is -0.143. The Morgan fingerprint density at radius 1 is 1.31 bits per heavy atom. The van der Waals surface area contributed by atoms with Gasteiger partial charge in [-0.15, -0.1) is 11.3 Å². The van der Waals surface area contributed by atoms with Crippen molar-refractivity contribution < 1.29 is 13.9 Å². The van der Waals surface area contributed by atoms with Gasteiger partial charge in [-0.1, -0.05) is 35.8 Å². The third-order valence-electron chi connectivity index (χ3n) is 4.42. The van der Waals surface area contributed by atoms with Gasteiger partial charge < -0.3 is 4.74 Å². The number of thiophene rings is 1. The SMILES string of the molecule is CCOC(=O)Cn1c(=S)n(Cc2ccc(Br)cc2F)c(=O)c2cc(C(C)C)sc21. The van der Waals surface area contributed by atoms with E-state index in [4.69, 9.17) is 17.0 Å². The smallest absolute Gasteiger partial charge is 0.326 e. The first-order valence-electron chi connectivity index (χ1n) is 9.09. The first kappa shape index (κ1) is 21.9. The zero-order chi connectivity index (χ0) is 21.3. The molecular formula is C20H20BrFN2O3S2. The summed E-state index contributed by atoms with van der Waals surface area (Å²) in [7, 11) is 0. The lowest BCUT2D eigenvalue weighted by Gasteiger charge is -2.14. The Kier molecular flexibility index (Phi) is 6.70. The van der Waals surface area contributed by atoms with Crippen molar-refractivity contribution in [3.63, 3.8) is 0 Å². The molecule has 3 rings (SSSR count). The molecule has 0 fully saturated rings. The molecule has 0 aliphatic rings. The molecule has 154 valence electrons. The number of nitrogens with zero attached hydrogens (tertiary/aromatic N) is 2. The zero-order valence-corrected chi connectivity index (χ0v) is 19.4. The van der Waals surface area contributed by atoms with Crippen LogP contribution in [0.2, 0.25) is 0 Å². The van der Waals surface area contributed by atoms with Gasteiger partial charge in [0.25, 0.3) is 5.56 Å². The normalized spacial score (nSPS) is 11.4. The van der Waals surface area contributed by atoms with Gasteiger partial charge in [0.05, 0.1) is 18.5 Å². The predicted octanol–water partition coefficient (Wildman–Crippen LogP) is 5.23. The summed E-state index contributed by atoms with van der Waals surface area (Å²) in [4.78, 5) is 27.0. The molecule has 0 saturated heterocycles. The summed E-state index contributed by atoms with van der Waals surface area (Å²) >= 11 is 10.2. The Bertz CT molecular complexity index is 1200. The molecule has 0 aliphatic heterocycles. The van der Waals surface area contributed by atoms with Crippen LogP contribution in [0.3, 0.4) is 0 Å². The Morgan fingerprint density at radius 3 is 2.66 bits per heavy atom. The van der Waals surface area contributed by atoms with E-state index in [0.717, 1.165) is 4.88 Å². The number of halogens is 2. The molecule has 0 aliphatic carbocycles. The van der Waals surface area contributed by atoms with Crippen molar-refractivity contribution in [2.75, 3.05) is 6.61 Å². The van der Waals surface area contributed by atoms with Gasteiger partial charge in [-0.3, -0.25) is 18.7 Å². The number of carbonyl (C=O) groups excluding carboxylic acids is 1. The summed E-state index contributed by atoms with van der Waals surface area (Å²) in [5.41, 5.74) is 0.0401. The van der Waals surface area contributed by atoms with E-state index in [0.29, 0.717) is 20.3 Å². The number of carbonyl (C=O) groups is 1. The number of esters is 1. The highest BCUT2D eigenvalue weighted by Gasteiger charge is 2.19. The van der Waals surface area contributed by atoms with Gasteiger partial charge in [0.15, 0.2) is 4.77 Å². The predicted molar refractivity (Wildman–Crippen MR) is 119 cm³/mol. The van der Waals surface area contributed by atoms with Gasteiger partial charge in [-0.25, -0.2) is 4.39 Å². The van der Waals surface area contributed by atoms with E-state index in [1.165, 1.54) is 22.0 Å². The molecule has 1 aromatic carbocycles. The minimum absolute atomic E-state index is 0.0254. The molecule has 0 atom stereocenters. The summed E-state index contributed by atoms with van der Waals surface area (Å²) in [6.07, 6.45) is 0. The Labute approximate surface area is 184 Å². The van der Waals surface area contributed by atoms with Crippen LogP contribution in [-0.4, -0.2) is 21.7 Å². The third kappa shape index (κ3) is 4.51. The Hall–Kier alpha value is -1.84. The number of rotatable bonds is 6. The number of benzene rings is 1. The van der Waals surface area contributed by atoms with E-state index in [1.807, 2.05) is 19.9 Å². The lowest BCUT2D eigenvalue weighted by atomic mass is 10.1. The van der Waals surface area contributed by atoms with Gasteiger partial charge in [-0.2, -0.15) is 0 Å². The highest BCUT2D eigenvalue weighted by Crippen LogP contribution is 2.29. The van der Waals surface area contributed by atoms with Crippen molar-refractivity contribution in [2.24, 2.45) is 0 Å². The number of hydrogen-bond acceptors (Lipinski definition) is 5. The molecule has 0 unspecified atom stereocenters. The molecule has 5 nitrogen and oxygen atoms in total. The van der Waals surface area contributed by atoms with Crippen LogP contribution in [0.1, 0.15) is 37.1 Å². The average molecular weight is 499 g/mol. The van der Waals surface area contributed by atoms with Crippen molar-refractivity contribution in [3.05, 3.63) is 60.1 Å².